The van der Waals surface area contributed by atoms with Gasteiger partial charge in [0.1, 0.15) is 4.90 Å². The standard InChI is InChI=1S/C18H19ClN2O5S/c1-11(2)12-3-6-14(7-4-12)21-17(22)10-26-18(23)13-5-8-15(19)16(9-13)27(20,24)25/h3-9,11H,10H2,1-2H3,(H,21,22)(H2,20,24,25). The van der Waals surface area contributed by atoms with Gasteiger partial charge in [-0.05, 0) is 41.8 Å². The van der Waals surface area contributed by atoms with Gasteiger partial charge in [-0.15, -0.1) is 0 Å². The minimum Gasteiger partial charge on any atom is -0.452 e. The van der Waals surface area contributed by atoms with Crippen LogP contribution < -0.4 is 10.5 Å². The van der Waals surface area contributed by atoms with E-state index in [2.05, 4.69) is 19.2 Å². The van der Waals surface area contributed by atoms with Gasteiger partial charge in [-0.25, -0.2) is 18.4 Å². The summed E-state index contributed by atoms with van der Waals surface area (Å²) in [5.41, 5.74) is 1.62. The SMILES string of the molecule is CC(C)c1ccc(NC(=O)COC(=O)c2ccc(Cl)c(S(N)(=O)=O)c2)cc1. The highest BCUT2D eigenvalue weighted by atomic mass is 35.5. The highest BCUT2D eigenvalue weighted by Gasteiger charge is 2.18. The summed E-state index contributed by atoms with van der Waals surface area (Å²) in [6.45, 7) is 3.59. The van der Waals surface area contributed by atoms with Crippen LogP contribution in [0.5, 0.6) is 0 Å². The summed E-state index contributed by atoms with van der Waals surface area (Å²) in [5.74, 6) is -1.03. The van der Waals surface area contributed by atoms with E-state index in [-0.39, 0.29) is 10.6 Å². The molecule has 0 unspecified atom stereocenters. The number of hydrogen-bond acceptors (Lipinski definition) is 5. The van der Waals surface area contributed by atoms with E-state index in [1.165, 1.54) is 12.1 Å². The molecule has 0 fully saturated rings. The summed E-state index contributed by atoms with van der Waals surface area (Å²) in [7, 11) is -4.09. The van der Waals surface area contributed by atoms with Gasteiger partial charge in [0.25, 0.3) is 5.91 Å². The van der Waals surface area contributed by atoms with Crippen molar-refractivity contribution in [2.45, 2.75) is 24.7 Å². The summed E-state index contributed by atoms with van der Waals surface area (Å²) < 4.78 is 27.8. The zero-order valence-corrected chi connectivity index (χ0v) is 16.3. The van der Waals surface area contributed by atoms with E-state index in [1.54, 1.807) is 12.1 Å². The van der Waals surface area contributed by atoms with Crippen molar-refractivity contribution < 1.29 is 22.7 Å². The lowest BCUT2D eigenvalue weighted by Gasteiger charge is -2.09. The molecule has 2 aromatic carbocycles. The molecule has 2 aromatic rings. The van der Waals surface area contributed by atoms with Crippen molar-refractivity contribution in [3.8, 4) is 0 Å². The summed E-state index contributed by atoms with van der Waals surface area (Å²) in [5, 5.41) is 7.53. The Morgan fingerprint density at radius 1 is 1.15 bits per heavy atom. The molecule has 0 radical (unpaired) electrons. The average Bonchev–Trinajstić information content (AvgIpc) is 2.59. The van der Waals surface area contributed by atoms with Gasteiger partial charge in [0, 0.05) is 5.69 Å². The molecule has 0 aliphatic carbocycles. The second-order valence-electron chi connectivity index (χ2n) is 6.09. The molecule has 0 aliphatic rings. The van der Waals surface area contributed by atoms with Gasteiger partial charge in [-0.3, -0.25) is 4.79 Å². The maximum atomic E-state index is 12.0. The van der Waals surface area contributed by atoms with Gasteiger partial charge < -0.3 is 10.1 Å². The first-order chi connectivity index (χ1) is 12.6. The largest absolute Gasteiger partial charge is 0.452 e. The van der Waals surface area contributed by atoms with Crippen LogP contribution in [0.3, 0.4) is 0 Å². The van der Waals surface area contributed by atoms with Crippen molar-refractivity contribution in [3.63, 3.8) is 0 Å². The van der Waals surface area contributed by atoms with E-state index in [1.807, 2.05) is 12.1 Å². The van der Waals surface area contributed by atoms with E-state index >= 15 is 0 Å². The maximum absolute atomic E-state index is 12.0. The van der Waals surface area contributed by atoms with Crippen LogP contribution in [0.15, 0.2) is 47.4 Å². The number of hydrogen-bond donors (Lipinski definition) is 2. The zero-order chi connectivity index (χ0) is 20.2. The van der Waals surface area contributed by atoms with Crippen molar-refractivity contribution in [2.24, 2.45) is 5.14 Å². The molecule has 0 aliphatic heterocycles. The van der Waals surface area contributed by atoms with Crippen LogP contribution in [0.4, 0.5) is 5.69 Å². The number of nitrogens with two attached hydrogens (primary N) is 1. The topological polar surface area (TPSA) is 116 Å². The molecule has 7 nitrogen and oxygen atoms in total. The fourth-order valence-electron chi connectivity index (χ4n) is 2.21. The summed E-state index contributed by atoms with van der Waals surface area (Å²) in [4.78, 5) is 23.6. The molecule has 27 heavy (non-hydrogen) atoms. The average molecular weight is 411 g/mol. The predicted octanol–water partition coefficient (Wildman–Crippen LogP) is 2.91. The van der Waals surface area contributed by atoms with Crippen LogP contribution in [0.2, 0.25) is 5.02 Å². The predicted molar refractivity (Wildman–Crippen MR) is 102 cm³/mol. The fraction of sp³-hybridized carbons (Fsp3) is 0.222. The number of amides is 1. The lowest BCUT2D eigenvalue weighted by Crippen LogP contribution is -2.21. The molecule has 0 saturated heterocycles. The number of halogens is 1. The van der Waals surface area contributed by atoms with Gasteiger partial charge in [-0.2, -0.15) is 0 Å². The molecule has 0 spiro atoms. The van der Waals surface area contributed by atoms with Gasteiger partial charge in [0.05, 0.1) is 10.6 Å². The van der Waals surface area contributed by atoms with E-state index < -0.39 is 33.4 Å². The number of ether oxygens (including phenoxy) is 1. The second-order valence-corrected chi connectivity index (χ2v) is 8.03. The quantitative estimate of drug-likeness (QED) is 0.710. The molecule has 3 N–H and O–H groups in total. The Morgan fingerprint density at radius 2 is 1.78 bits per heavy atom. The zero-order valence-electron chi connectivity index (χ0n) is 14.7. The molecule has 2 rings (SSSR count). The number of carbonyl (C=O) groups is 2. The molecule has 144 valence electrons. The van der Waals surface area contributed by atoms with E-state index in [0.717, 1.165) is 11.6 Å². The van der Waals surface area contributed by atoms with Gasteiger partial charge in [0.15, 0.2) is 6.61 Å². The summed E-state index contributed by atoms with van der Waals surface area (Å²) in [6.07, 6.45) is 0. The normalized spacial score (nSPS) is 11.3. The maximum Gasteiger partial charge on any atom is 0.338 e. The number of rotatable bonds is 6. The fourth-order valence-corrected chi connectivity index (χ4v) is 3.28. The third-order valence-electron chi connectivity index (χ3n) is 3.67. The molecule has 0 bridgehead atoms. The Hall–Kier alpha value is -2.42. The Kier molecular flexibility index (Phi) is 6.59. The van der Waals surface area contributed by atoms with Crippen LogP contribution in [0, 0.1) is 0 Å². The number of benzene rings is 2. The van der Waals surface area contributed by atoms with Crippen LogP contribution in [-0.4, -0.2) is 26.9 Å². The van der Waals surface area contributed by atoms with Crippen molar-refractivity contribution in [1.29, 1.82) is 0 Å². The molecule has 0 atom stereocenters. The van der Waals surface area contributed by atoms with E-state index in [4.69, 9.17) is 21.5 Å². The molecular formula is C18H19ClN2O5S. The third-order valence-corrected chi connectivity index (χ3v) is 5.06. The lowest BCUT2D eigenvalue weighted by molar-refractivity contribution is -0.119. The molecular weight excluding hydrogens is 392 g/mol. The smallest absolute Gasteiger partial charge is 0.338 e. The van der Waals surface area contributed by atoms with E-state index in [9.17, 15) is 18.0 Å². The number of sulfonamides is 1. The Labute approximate surface area is 162 Å². The van der Waals surface area contributed by atoms with Crippen molar-refractivity contribution >= 4 is 39.2 Å². The van der Waals surface area contributed by atoms with Crippen molar-refractivity contribution in [3.05, 3.63) is 58.6 Å². The first-order valence-corrected chi connectivity index (χ1v) is 9.89. The van der Waals surface area contributed by atoms with Gasteiger partial charge >= 0.3 is 5.97 Å². The molecule has 0 saturated carbocycles. The molecule has 0 aromatic heterocycles. The Morgan fingerprint density at radius 3 is 2.33 bits per heavy atom. The minimum atomic E-state index is -4.09. The Bertz CT molecular complexity index is 956. The van der Waals surface area contributed by atoms with Gasteiger partial charge in [0.2, 0.25) is 10.0 Å². The summed E-state index contributed by atoms with van der Waals surface area (Å²) >= 11 is 5.76. The molecule has 1 amide bonds. The van der Waals surface area contributed by atoms with Crippen molar-refractivity contribution in [2.75, 3.05) is 11.9 Å². The van der Waals surface area contributed by atoms with Crippen LogP contribution in [0.1, 0.15) is 35.7 Å². The first kappa shape index (κ1) is 20.9. The van der Waals surface area contributed by atoms with E-state index in [0.29, 0.717) is 11.6 Å². The van der Waals surface area contributed by atoms with Gasteiger partial charge in [-0.1, -0.05) is 37.6 Å². The lowest BCUT2D eigenvalue weighted by atomic mass is 10.0. The second kappa shape index (κ2) is 8.51. The van der Waals surface area contributed by atoms with Crippen molar-refractivity contribution in [1.82, 2.24) is 0 Å². The number of nitrogens with one attached hydrogen (secondary N) is 1. The van der Waals surface area contributed by atoms with Crippen LogP contribution >= 0.6 is 11.6 Å². The Balaban J connectivity index is 1.98. The molecule has 0 heterocycles. The number of anilines is 1. The van der Waals surface area contributed by atoms with Crippen LogP contribution in [-0.2, 0) is 19.6 Å². The summed E-state index contributed by atoms with van der Waals surface area (Å²) in [6, 6.07) is 10.8. The highest BCUT2D eigenvalue weighted by molar-refractivity contribution is 7.89. The first-order valence-electron chi connectivity index (χ1n) is 7.97. The number of carbonyl (C=O) groups excluding carboxylic acids is 2. The molecule has 9 heteroatoms. The van der Waals surface area contributed by atoms with Crippen LogP contribution in [0.25, 0.3) is 0 Å². The highest BCUT2D eigenvalue weighted by Crippen LogP contribution is 2.22. The number of primary sulfonamides is 1. The number of esters is 1. The third kappa shape index (κ3) is 5.78. The minimum absolute atomic E-state index is 0.0856. The monoisotopic (exact) mass is 410 g/mol.